The standard InChI is InChI=1S/C11H14N2O2/c1-13-4-2-3-8-9(11(14)15)5-7(12)6-10(8)13/h5-6H,2-4,12H2,1H3,(H,14,15). The minimum Gasteiger partial charge on any atom is -0.478 e. The summed E-state index contributed by atoms with van der Waals surface area (Å²) in [5, 5.41) is 9.08. The highest BCUT2D eigenvalue weighted by Gasteiger charge is 2.20. The second-order valence-corrected chi connectivity index (χ2v) is 3.90. The summed E-state index contributed by atoms with van der Waals surface area (Å²) in [4.78, 5) is 13.1. The molecule has 0 bridgehead atoms. The van der Waals surface area contributed by atoms with E-state index in [1.807, 2.05) is 13.1 Å². The molecule has 1 aromatic carbocycles. The van der Waals surface area contributed by atoms with Crippen LogP contribution in [0.25, 0.3) is 0 Å². The molecule has 80 valence electrons. The Bertz CT molecular complexity index is 415. The number of carbonyl (C=O) groups is 1. The summed E-state index contributed by atoms with van der Waals surface area (Å²) in [6.45, 7) is 0.954. The van der Waals surface area contributed by atoms with Crippen molar-refractivity contribution >= 4 is 17.3 Å². The first-order valence-corrected chi connectivity index (χ1v) is 4.96. The molecule has 0 aromatic heterocycles. The van der Waals surface area contributed by atoms with E-state index >= 15 is 0 Å². The Hall–Kier alpha value is -1.71. The van der Waals surface area contributed by atoms with Crippen molar-refractivity contribution in [1.82, 2.24) is 0 Å². The van der Waals surface area contributed by atoms with Crippen LogP contribution in [0.3, 0.4) is 0 Å². The lowest BCUT2D eigenvalue weighted by atomic mass is 9.96. The van der Waals surface area contributed by atoms with Crippen LogP contribution in [-0.4, -0.2) is 24.7 Å². The molecule has 0 fully saturated rings. The lowest BCUT2D eigenvalue weighted by molar-refractivity contribution is 0.0695. The maximum atomic E-state index is 11.1. The molecule has 0 saturated carbocycles. The van der Waals surface area contributed by atoms with E-state index in [1.54, 1.807) is 6.07 Å². The largest absolute Gasteiger partial charge is 0.478 e. The summed E-state index contributed by atoms with van der Waals surface area (Å²) < 4.78 is 0. The van der Waals surface area contributed by atoms with Gasteiger partial charge in [-0.25, -0.2) is 4.79 Å². The fraction of sp³-hybridized carbons (Fsp3) is 0.364. The van der Waals surface area contributed by atoms with Gasteiger partial charge in [-0.15, -0.1) is 0 Å². The van der Waals surface area contributed by atoms with Crippen LogP contribution in [0.2, 0.25) is 0 Å². The first kappa shape index (κ1) is 9.83. The second-order valence-electron chi connectivity index (χ2n) is 3.90. The van der Waals surface area contributed by atoms with Crippen LogP contribution in [0, 0.1) is 0 Å². The molecule has 15 heavy (non-hydrogen) atoms. The van der Waals surface area contributed by atoms with E-state index in [4.69, 9.17) is 10.8 Å². The fourth-order valence-electron chi connectivity index (χ4n) is 2.09. The first-order chi connectivity index (χ1) is 7.09. The molecule has 0 saturated heterocycles. The van der Waals surface area contributed by atoms with Crippen molar-refractivity contribution in [2.45, 2.75) is 12.8 Å². The average Bonchev–Trinajstić information content (AvgIpc) is 2.18. The smallest absolute Gasteiger partial charge is 0.336 e. The molecule has 1 aromatic rings. The molecule has 3 N–H and O–H groups in total. The van der Waals surface area contributed by atoms with Crippen LogP contribution in [0.15, 0.2) is 12.1 Å². The molecule has 0 unspecified atom stereocenters. The SMILES string of the molecule is CN1CCCc2c(C(=O)O)cc(N)cc21. The predicted octanol–water partition coefficient (Wildman–Crippen LogP) is 1.35. The second kappa shape index (κ2) is 3.46. The van der Waals surface area contributed by atoms with E-state index in [2.05, 4.69) is 4.90 Å². The number of rotatable bonds is 1. The van der Waals surface area contributed by atoms with Gasteiger partial charge in [-0.05, 0) is 30.5 Å². The molecule has 0 spiro atoms. The number of anilines is 2. The minimum absolute atomic E-state index is 0.344. The normalized spacial score (nSPS) is 14.9. The van der Waals surface area contributed by atoms with Crippen LogP contribution < -0.4 is 10.6 Å². The van der Waals surface area contributed by atoms with Gasteiger partial charge in [-0.3, -0.25) is 0 Å². The van der Waals surface area contributed by atoms with Gasteiger partial charge in [0.05, 0.1) is 5.56 Å². The summed E-state index contributed by atoms with van der Waals surface area (Å²) in [6, 6.07) is 3.39. The maximum absolute atomic E-state index is 11.1. The van der Waals surface area contributed by atoms with Gasteiger partial charge in [0.1, 0.15) is 0 Å². The predicted molar refractivity (Wildman–Crippen MR) is 59.4 cm³/mol. The molecular weight excluding hydrogens is 192 g/mol. The molecule has 0 amide bonds. The van der Waals surface area contributed by atoms with Gasteiger partial charge in [-0.1, -0.05) is 0 Å². The number of nitrogens with two attached hydrogens (primary N) is 1. The summed E-state index contributed by atoms with van der Waals surface area (Å²) in [7, 11) is 1.96. The van der Waals surface area contributed by atoms with E-state index in [0.717, 1.165) is 30.6 Å². The van der Waals surface area contributed by atoms with E-state index in [-0.39, 0.29) is 0 Å². The van der Waals surface area contributed by atoms with Crippen LogP contribution in [0.1, 0.15) is 22.3 Å². The molecule has 4 nitrogen and oxygen atoms in total. The maximum Gasteiger partial charge on any atom is 0.336 e. The van der Waals surface area contributed by atoms with Gasteiger partial charge in [0, 0.05) is 25.0 Å². The molecule has 1 heterocycles. The molecule has 1 aliphatic rings. The lowest BCUT2D eigenvalue weighted by Gasteiger charge is -2.28. The number of carboxylic acids is 1. The number of benzene rings is 1. The number of hydrogen-bond acceptors (Lipinski definition) is 3. The van der Waals surface area contributed by atoms with Crippen LogP contribution >= 0.6 is 0 Å². The zero-order chi connectivity index (χ0) is 11.0. The zero-order valence-corrected chi connectivity index (χ0v) is 8.66. The molecule has 0 atom stereocenters. The third kappa shape index (κ3) is 1.63. The average molecular weight is 206 g/mol. The number of nitrogen functional groups attached to an aromatic ring is 1. The molecule has 4 heteroatoms. The quantitative estimate of drug-likeness (QED) is 0.681. The van der Waals surface area contributed by atoms with E-state index in [9.17, 15) is 4.79 Å². The monoisotopic (exact) mass is 206 g/mol. The summed E-state index contributed by atoms with van der Waals surface area (Å²) in [5.74, 6) is -0.895. The number of fused-ring (bicyclic) bond motifs is 1. The molecule has 0 aliphatic carbocycles. The fourth-order valence-corrected chi connectivity index (χ4v) is 2.09. The van der Waals surface area contributed by atoms with Crippen molar-refractivity contribution in [3.8, 4) is 0 Å². The third-order valence-electron chi connectivity index (χ3n) is 2.81. The van der Waals surface area contributed by atoms with E-state index in [1.165, 1.54) is 0 Å². The molecule has 2 rings (SSSR count). The molecule has 1 aliphatic heterocycles. The zero-order valence-electron chi connectivity index (χ0n) is 8.66. The van der Waals surface area contributed by atoms with Crippen molar-refractivity contribution in [3.05, 3.63) is 23.3 Å². The van der Waals surface area contributed by atoms with E-state index < -0.39 is 5.97 Å². The summed E-state index contributed by atoms with van der Waals surface area (Å²) >= 11 is 0. The topological polar surface area (TPSA) is 66.6 Å². The first-order valence-electron chi connectivity index (χ1n) is 4.96. The number of aromatic carboxylic acids is 1. The van der Waals surface area contributed by atoms with E-state index in [0.29, 0.717) is 11.3 Å². The molecular formula is C11H14N2O2. The van der Waals surface area contributed by atoms with Crippen LogP contribution in [0.5, 0.6) is 0 Å². The van der Waals surface area contributed by atoms with Gasteiger partial charge < -0.3 is 15.7 Å². The number of hydrogen-bond donors (Lipinski definition) is 2. The Morgan fingerprint density at radius 3 is 2.93 bits per heavy atom. The highest BCUT2D eigenvalue weighted by Crippen LogP contribution is 2.31. The third-order valence-corrected chi connectivity index (χ3v) is 2.81. The van der Waals surface area contributed by atoms with Crippen molar-refractivity contribution in [2.75, 3.05) is 24.2 Å². The van der Waals surface area contributed by atoms with Gasteiger partial charge in [0.2, 0.25) is 0 Å². The molecule has 0 radical (unpaired) electrons. The highest BCUT2D eigenvalue weighted by molar-refractivity contribution is 5.93. The summed E-state index contributed by atoms with van der Waals surface area (Å²) in [6.07, 6.45) is 1.81. The Morgan fingerprint density at radius 1 is 1.53 bits per heavy atom. The van der Waals surface area contributed by atoms with Gasteiger partial charge in [0.25, 0.3) is 0 Å². The van der Waals surface area contributed by atoms with Gasteiger partial charge in [-0.2, -0.15) is 0 Å². The van der Waals surface area contributed by atoms with Gasteiger partial charge in [0.15, 0.2) is 0 Å². The van der Waals surface area contributed by atoms with Crippen molar-refractivity contribution < 1.29 is 9.90 Å². The van der Waals surface area contributed by atoms with Gasteiger partial charge >= 0.3 is 5.97 Å². The van der Waals surface area contributed by atoms with Crippen LogP contribution in [0.4, 0.5) is 11.4 Å². The Morgan fingerprint density at radius 2 is 2.27 bits per heavy atom. The number of nitrogens with zero attached hydrogens (tertiary/aromatic N) is 1. The lowest BCUT2D eigenvalue weighted by Crippen LogP contribution is -2.26. The van der Waals surface area contributed by atoms with Crippen molar-refractivity contribution in [3.63, 3.8) is 0 Å². The van der Waals surface area contributed by atoms with Crippen molar-refractivity contribution in [1.29, 1.82) is 0 Å². The van der Waals surface area contributed by atoms with Crippen molar-refractivity contribution in [2.24, 2.45) is 0 Å². The number of carboxylic acid groups (broad SMARTS) is 1. The minimum atomic E-state index is -0.895. The Labute approximate surface area is 88.3 Å². The highest BCUT2D eigenvalue weighted by atomic mass is 16.4. The Kier molecular flexibility index (Phi) is 2.26. The summed E-state index contributed by atoms with van der Waals surface area (Å²) in [5.41, 5.74) is 8.42. The van der Waals surface area contributed by atoms with Crippen LogP contribution in [-0.2, 0) is 6.42 Å². The Balaban J connectivity index is 2.62.